The summed E-state index contributed by atoms with van der Waals surface area (Å²) < 4.78 is 10.5. The van der Waals surface area contributed by atoms with Gasteiger partial charge in [-0.3, -0.25) is 0 Å². The number of methoxy groups -OCH3 is 2. The van der Waals surface area contributed by atoms with E-state index in [-0.39, 0.29) is 6.04 Å². The molecule has 0 bridgehead atoms. The highest BCUT2D eigenvalue weighted by Gasteiger charge is 2.12. The number of nitrogens with two attached hydrogens (primary N) is 1. The number of hydrogen-bond donors (Lipinski definition) is 1. The van der Waals surface area contributed by atoms with Crippen molar-refractivity contribution in [3.8, 4) is 11.5 Å². The minimum atomic E-state index is 0.0185. The molecule has 0 heterocycles. The van der Waals surface area contributed by atoms with E-state index >= 15 is 0 Å². The van der Waals surface area contributed by atoms with Gasteiger partial charge in [-0.05, 0) is 24.6 Å². The highest BCUT2D eigenvalue weighted by molar-refractivity contribution is 5.42. The Bertz CT molecular complexity index is 326. The maximum atomic E-state index is 6.15. The predicted octanol–water partition coefficient (Wildman–Crippen LogP) is 2.89. The third kappa shape index (κ3) is 3.14. The summed E-state index contributed by atoms with van der Waals surface area (Å²) in [5, 5.41) is 0. The molecule has 3 nitrogen and oxygen atoms in total. The van der Waals surface area contributed by atoms with Crippen LogP contribution in [-0.2, 0) is 0 Å². The smallest absolute Gasteiger partial charge is 0.123 e. The van der Waals surface area contributed by atoms with Crippen LogP contribution in [0.5, 0.6) is 11.5 Å². The van der Waals surface area contributed by atoms with E-state index in [9.17, 15) is 0 Å². The first-order valence-electron chi connectivity index (χ1n) is 5.70. The van der Waals surface area contributed by atoms with E-state index in [0.29, 0.717) is 0 Å². The summed E-state index contributed by atoms with van der Waals surface area (Å²) in [7, 11) is 3.32. The lowest BCUT2D eigenvalue weighted by Crippen LogP contribution is -2.11. The molecule has 0 spiro atoms. The Labute approximate surface area is 97.6 Å². The molecule has 0 saturated carbocycles. The second kappa shape index (κ2) is 6.38. The lowest BCUT2D eigenvalue weighted by Gasteiger charge is -2.16. The first kappa shape index (κ1) is 12.8. The Morgan fingerprint density at radius 2 is 2.00 bits per heavy atom. The maximum absolute atomic E-state index is 6.15. The molecule has 2 N–H and O–H groups in total. The molecule has 1 rings (SSSR count). The van der Waals surface area contributed by atoms with Crippen LogP contribution in [0.15, 0.2) is 18.2 Å². The minimum absolute atomic E-state index is 0.0185. The average Bonchev–Trinajstić information content (AvgIpc) is 2.35. The van der Waals surface area contributed by atoms with Gasteiger partial charge in [0, 0.05) is 11.6 Å². The van der Waals surface area contributed by atoms with Gasteiger partial charge in [-0.2, -0.15) is 0 Å². The normalized spacial score (nSPS) is 12.2. The molecule has 1 aromatic rings. The van der Waals surface area contributed by atoms with Crippen molar-refractivity contribution in [3.63, 3.8) is 0 Å². The Morgan fingerprint density at radius 3 is 2.56 bits per heavy atom. The number of ether oxygens (including phenoxy) is 2. The summed E-state index contributed by atoms with van der Waals surface area (Å²) in [6.45, 7) is 2.16. The van der Waals surface area contributed by atoms with Crippen molar-refractivity contribution in [2.45, 2.75) is 32.2 Å². The Balaban J connectivity index is 2.89. The Morgan fingerprint density at radius 1 is 1.25 bits per heavy atom. The van der Waals surface area contributed by atoms with Crippen LogP contribution in [0.1, 0.15) is 37.8 Å². The lowest BCUT2D eigenvalue weighted by atomic mass is 10.0. The molecule has 3 heteroatoms. The topological polar surface area (TPSA) is 44.5 Å². The molecular formula is C13H21NO2. The van der Waals surface area contributed by atoms with Crippen LogP contribution < -0.4 is 15.2 Å². The summed E-state index contributed by atoms with van der Waals surface area (Å²) >= 11 is 0. The fourth-order valence-electron chi connectivity index (χ4n) is 1.71. The van der Waals surface area contributed by atoms with E-state index < -0.39 is 0 Å². The van der Waals surface area contributed by atoms with Gasteiger partial charge < -0.3 is 15.2 Å². The summed E-state index contributed by atoms with van der Waals surface area (Å²) in [5.41, 5.74) is 7.17. The molecule has 0 aliphatic rings. The van der Waals surface area contributed by atoms with Gasteiger partial charge in [0.1, 0.15) is 11.5 Å². The molecule has 16 heavy (non-hydrogen) atoms. The largest absolute Gasteiger partial charge is 0.497 e. The van der Waals surface area contributed by atoms with Crippen molar-refractivity contribution in [2.75, 3.05) is 14.2 Å². The van der Waals surface area contributed by atoms with Crippen LogP contribution in [-0.4, -0.2) is 14.2 Å². The number of benzene rings is 1. The highest BCUT2D eigenvalue weighted by Crippen LogP contribution is 2.30. The van der Waals surface area contributed by atoms with Crippen LogP contribution in [0.25, 0.3) is 0 Å². The number of rotatable bonds is 6. The highest BCUT2D eigenvalue weighted by atomic mass is 16.5. The number of unbranched alkanes of at least 4 members (excludes halogenated alkanes) is 1. The predicted molar refractivity (Wildman–Crippen MR) is 66.0 cm³/mol. The van der Waals surface area contributed by atoms with Crippen molar-refractivity contribution in [2.24, 2.45) is 5.73 Å². The Hall–Kier alpha value is -1.22. The molecule has 0 fully saturated rings. The van der Waals surface area contributed by atoms with E-state index in [1.165, 1.54) is 0 Å². The molecule has 90 valence electrons. The first-order valence-corrected chi connectivity index (χ1v) is 5.70. The van der Waals surface area contributed by atoms with Crippen molar-refractivity contribution in [1.82, 2.24) is 0 Å². The molecule has 1 aromatic carbocycles. The fourth-order valence-corrected chi connectivity index (χ4v) is 1.71. The zero-order valence-corrected chi connectivity index (χ0v) is 10.3. The van der Waals surface area contributed by atoms with Gasteiger partial charge in [-0.15, -0.1) is 0 Å². The van der Waals surface area contributed by atoms with Crippen LogP contribution in [0.3, 0.4) is 0 Å². The molecule has 1 atom stereocenters. The molecule has 0 radical (unpaired) electrons. The summed E-state index contributed by atoms with van der Waals surface area (Å²) in [6, 6.07) is 5.76. The van der Waals surface area contributed by atoms with Crippen molar-refractivity contribution in [1.29, 1.82) is 0 Å². The van der Waals surface area contributed by atoms with Crippen LogP contribution in [0, 0.1) is 0 Å². The fraction of sp³-hybridized carbons (Fsp3) is 0.538. The average molecular weight is 223 g/mol. The number of hydrogen-bond acceptors (Lipinski definition) is 3. The molecule has 0 aliphatic carbocycles. The van der Waals surface area contributed by atoms with Gasteiger partial charge in [-0.1, -0.05) is 19.8 Å². The van der Waals surface area contributed by atoms with Gasteiger partial charge in [0.2, 0.25) is 0 Å². The quantitative estimate of drug-likeness (QED) is 0.806. The summed E-state index contributed by atoms with van der Waals surface area (Å²) in [6.07, 6.45) is 3.25. The van der Waals surface area contributed by atoms with Gasteiger partial charge >= 0.3 is 0 Å². The van der Waals surface area contributed by atoms with Gasteiger partial charge in [0.05, 0.1) is 14.2 Å². The van der Waals surface area contributed by atoms with E-state index in [1.54, 1.807) is 14.2 Å². The van der Waals surface area contributed by atoms with Crippen LogP contribution >= 0.6 is 0 Å². The second-order valence-electron chi connectivity index (χ2n) is 3.86. The van der Waals surface area contributed by atoms with E-state index in [2.05, 4.69) is 6.92 Å². The summed E-state index contributed by atoms with van der Waals surface area (Å²) in [4.78, 5) is 0. The Kier molecular flexibility index (Phi) is 5.12. The maximum Gasteiger partial charge on any atom is 0.123 e. The minimum Gasteiger partial charge on any atom is -0.497 e. The second-order valence-corrected chi connectivity index (χ2v) is 3.86. The van der Waals surface area contributed by atoms with Crippen molar-refractivity contribution < 1.29 is 9.47 Å². The van der Waals surface area contributed by atoms with E-state index in [4.69, 9.17) is 15.2 Å². The molecule has 1 unspecified atom stereocenters. The third-order valence-electron chi connectivity index (χ3n) is 2.71. The first-order chi connectivity index (χ1) is 7.72. The zero-order valence-electron chi connectivity index (χ0n) is 10.3. The SMILES string of the molecule is CCCCC(N)c1cc(OC)ccc1OC. The zero-order chi connectivity index (χ0) is 12.0. The van der Waals surface area contributed by atoms with Gasteiger partial charge in [0.15, 0.2) is 0 Å². The molecule has 0 aromatic heterocycles. The van der Waals surface area contributed by atoms with Crippen LogP contribution in [0.4, 0.5) is 0 Å². The van der Waals surface area contributed by atoms with Gasteiger partial charge in [-0.25, -0.2) is 0 Å². The molecular weight excluding hydrogens is 202 g/mol. The molecule has 0 saturated heterocycles. The van der Waals surface area contributed by atoms with Gasteiger partial charge in [0.25, 0.3) is 0 Å². The van der Waals surface area contributed by atoms with E-state index in [1.807, 2.05) is 18.2 Å². The monoisotopic (exact) mass is 223 g/mol. The lowest BCUT2D eigenvalue weighted by molar-refractivity contribution is 0.393. The van der Waals surface area contributed by atoms with Crippen molar-refractivity contribution in [3.05, 3.63) is 23.8 Å². The molecule has 0 aliphatic heterocycles. The van der Waals surface area contributed by atoms with E-state index in [0.717, 1.165) is 36.3 Å². The summed E-state index contributed by atoms with van der Waals surface area (Å²) in [5.74, 6) is 1.66. The third-order valence-corrected chi connectivity index (χ3v) is 2.71. The van der Waals surface area contributed by atoms with Crippen LogP contribution in [0.2, 0.25) is 0 Å². The standard InChI is InChI=1S/C13H21NO2/c1-4-5-6-12(14)11-9-10(15-2)7-8-13(11)16-3/h7-9,12H,4-6,14H2,1-3H3. The van der Waals surface area contributed by atoms with Crippen molar-refractivity contribution >= 4 is 0 Å². The molecule has 0 amide bonds.